The minimum atomic E-state index is 0.0916. The first-order valence-electron chi connectivity index (χ1n) is 6.73. The summed E-state index contributed by atoms with van der Waals surface area (Å²) in [6.45, 7) is 5.96. The molecule has 1 aromatic rings. The van der Waals surface area contributed by atoms with Gasteiger partial charge in [-0.3, -0.25) is 9.69 Å². The number of hydrogen-bond acceptors (Lipinski definition) is 3. The number of benzene rings is 1. The summed E-state index contributed by atoms with van der Waals surface area (Å²) < 4.78 is 0. The summed E-state index contributed by atoms with van der Waals surface area (Å²) in [4.78, 5) is 16.6. The Balaban J connectivity index is 1.56. The molecule has 2 fully saturated rings. The number of halogens is 1. The van der Waals surface area contributed by atoms with E-state index >= 15 is 0 Å². The Morgan fingerprint density at radius 1 is 1.26 bits per heavy atom. The van der Waals surface area contributed by atoms with E-state index in [-0.39, 0.29) is 5.91 Å². The SMILES string of the molecule is O=C(c1cccc(Cl)c1)N1CC(N2CCNCC2)C1. The van der Waals surface area contributed by atoms with Gasteiger partial charge in [-0.25, -0.2) is 0 Å². The largest absolute Gasteiger partial charge is 0.335 e. The second-order valence-corrected chi connectivity index (χ2v) is 5.60. The predicted octanol–water partition coefficient (Wildman–Crippen LogP) is 1.07. The molecule has 102 valence electrons. The maximum Gasteiger partial charge on any atom is 0.254 e. The van der Waals surface area contributed by atoms with Crippen LogP contribution in [0, 0.1) is 0 Å². The monoisotopic (exact) mass is 279 g/mol. The third-order valence-electron chi connectivity index (χ3n) is 3.89. The van der Waals surface area contributed by atoms with Gasteiger partial charge in [-0.15, -0.1) is 0 Å². The van der Waals surface area contributed by atoms with E-state index in [9.17, 15) is 4.79 Å². The molecule has 1 N–H and O–H groups in total. The molecule has 0 atom stereocenters. The minimum Gasteiger partial charge on any atom is -0.335 e. The average molecular weight is 280 g/mol. The van der Waals surface area contributed by atoms with Crippen LogP contribution in [0.25, 0.3) is 0 Å². The highest BCUT2D eigenvalue weighted by Gasteiger charge is 2.35. The van der Waals surface area contributed by atoms with Crippen molar-refractivity contribution in [1.29, 1.82) is 0 Å². The van der Waals surface area contributed by atoms with E-state index in [1.54, 1.807) is 12.1 Å². The van der Waals surface area contributed by atoms with E-state index in [4.69, 9.17) is 11.6 Å². The van der Waals surface area contributed by atoms with E-state index in [1.165, 1.54) is 0 Å². The Labute approximate surface area is 118 Å². The van der Waals surface area contributed by atoms with E-state index in [2.05, 4.69) is 10.2 Å². The molecule has 4 nitrogen and oxygen atoms in total. The summed E-state index contributed by atoms with van der Waals surface area (Å²) in [5.41, 5.74) is 0.686. The normalized spacial score (nSPS) is 21.2. The highest BCUT2D eigenvalue weighted by atomic mass is 35.5. The molecule has 0 radical (unpaired) electrons. The molecule has 0 spiro atoms. The highest BCUT2D eigenvalue weighted by molar-refractivity contribution is 6.30. The summed E-state index contributed by atoms with van der Waals surface area (Å²) in [5.74, 6) is 0.0916. The Bertz CT molecular complexity index is 468. The molecule has 2 aliphatic rings. The van der Waals surface area contributed by atoms with Gasteiger partial charge in [0.25, 0.3) is 5.91 Å². The van der Waals surface area contributed by atoms with Gasteiger partial charge in [0.05, 0.1) is 0 Å². The van der Waals surface area contributed by atoms with Crippen molar-refractivity contribution < 1.29 is 4.79 Å². The fourth-order valence-electron chi connectivity index (χ4n) is 2.70. The van der Waals surface area contributed by atoms with E-state index in [0.29, 0.717) is 16.6 Å². The third kappa shape index (κ3) is 2.76. The molecule has 1 amide bonds. The number of carbonyl (C=O) groups is 1. The van der Waals surface area contributed by atoms with Crippen molar-refractivity contribution in [3.05, 3.63) is 34.9 Å². The van der Waals surface area contributed by atoms with E-state index in [0.717, 1.165) is 39.3 Å². The molecule has 0 bridgehead atoms. The molecule has 3 rings (SSSR count). The Kier molecular flexibility index (Phi) is 3.73. The van der Waals surface area contributed by atoms with Crippen LogP contribution in [0.4, 0.5) is 0 Å². The second-order valence-electron chi connectivity index (χ2n) is 5.16. The van der Waals surface area contributed by atoms with Gasteiger partial charge in [0.2, 0.25) is 0 Å². The molecule has 0 aromatic heterocycles. The first-order chi connectivity index (χ1) is 9.24. The van der Waals surface area contributed by atoms with Crippen molar-refractivity contribution in [3.63, 3.8) is 0 Å². The van der Waals surface area contributed by atoms with Crippen LogP contribution in [0.1, 0.15) is 10.4 Å². The number of hydrogen-bond donors (Lipinski definition) is 1. The minimum absolute atomic E-state index is 0.0916. The first kappa shape index (κ1) is 12.9. The molecule has 0 unspecified atom stereocenters. The zero-order valence-corrected chi connectivity index (χ0v) is 11.6. The van der Waals surface area contributed by atoms with Gasteiger partial charge < -0.3 is 10.2 Å². The standard InChI is InChI=1S/C14H18ClN3O/c15-12-3-1-2-11(8-12)14(19)18-9-13(10-18)17-6-4-16-5-7-17/h1-3,8,13,16H,4-7,9-10H2. The number of nitrogens with one attached hydrogen (secondary N) is 1. The number of likely N-dealkylation sites (tertiary alicyclic amines) is 1. The molecule has 19 heavy (non-hydrogen) atoms. The molecule has 0 saturated carbocycles. The number of amides is 1. The quantitative estimate of drug-likeness (QED) is 0.880. The molecule has 2 heterocycles. The van der Waals surface area contributed by atoms with Crippen LogP contribution in [0.15, 0.2) is 24.3 Å². The molecule has 1 aromatic carbocycles. The van der Waals surface area contributed by atoms with Gasteiger partial charge in [-0.05, 0) is 18.2 Å². The summed E-state index contributed by atoms with van der Waals surface area (Å²) in [6, 6.07) is 7.71. The molecular weight excluding hydrogens is 262 g/mol. The molecule has 0 aliphatic carbocycles. The number of rotatable bonds is 2. The van der Waals surface area contributed by atoms with Crippen LogP contribution in [0.5, 0.6) is 0 Å². The summed E-state index contributed by atoms with van der Waals surface area (Å²) in [6.07, 6.45) is 0. The maximum absolute atomic E-state index is 12.2. The van der Waals surface area contributed by atoms with Crippen molar-refractivity contribution in [2.75, 3.05) is 39.3 Å². The third-order valence-corrected chi connectivity index (χ3v) is 4.12. The predicted molar refractivity (Wildman–Crippen MR) is 75.6 cm³/mol. The molecular formula is C14H18ClN3O. The molecule has 5 heteroatoms. The van der Waals surface area contributed by atoms with Gasteiger partial charge in [-0.2, -0.15) is 0 Å². The lowest BCUT2D eigenvalue weighted by Crippen LogP contribution is -2.63. The van der Waals surface area contributed by atoms with E-state index in [1.807, 2.05) is 17.0 Å². The maximum atomic E-state index is 12.2. The smallest absolute Gasteiger partial charge is 0.254 e. The Hall–Kier alpha value is -1.10. The van der Waals surface area contributed by atoms with Gasteiger partial charge in [-0.1, -0.05) is 17.7 Å². The lowest BCUT2D eigenvalue weighted by Gasteiger charge is -2.46. The van der Waals surface area contributed by atoms with Crippen LogP contribution in [-0.4, -0.2) is 61.0 Å². The highest BCUT2D eigenvalue weighted by Crippen LogP contribution is 2.20. The second kappa shape index (κ2) is 5.49. The van der Waals surface area contributed by atoms with Gasteiger partial charge in [0.15, 0.2) is 0 Å². The zero-order chi connectivity index (χ0) is 13.2. The van der Waals surface area contributed by atoms with Crippen molar-refractivity contribution in [3.8, 4) is 0 Å². The number of carbonyl (C=O) groups excluding carboxylic acids is 1. The molecule has 2 saturated heterocycles. The summed E-state index contributed by atoms with van der Waals surface area (Å²) >= 11 is 5.92. The Morgan fingerprint density at radius 3 is 2.68 bits per heavy atom. The fourth-order valence-corrected chi connectivity index (χ4v) is 2.89. The van der Waals surface area contributed by atoms with E-state index < -0.39 is 0 Å². The van der Waals surface area contributed by atoms with Crippen LogP contribution in [0.3, 0.4) is 0 Å². The Morgan fingerprint density at radius 2 is 2.00 bits per heavy atom. The summed E-state index contributed by atoms with van der Waals surface area (Å²) in [7, 11) is 0. The lowest BCUT2D eigenvalue weighted by molar-refractivity contribution is 0.0227. The van der Waals surface area contributed by atoms with Gasteiger partial charge in [0.1, 0.15) is 0 Å². The average Bonchev–Trinajstić information content (AvgIpc) is 2.38. The van der Waals surface area contributed by atoms with Crippen molar-refractivity contribution >= 4 is 17.5 Å². The van der Waals surface area contributed by atoms with Crippen LogP contribution in [0.2, 0.25) is 5.02 Å². The first-order valence-corrected chi connectivity index (χ1v) is 7.11. The zero-order valence-electron chi connectivity index (χ0n) is 10.8. The van der Waals surface area contributed by atoms with Crippen molar-refractivity contribution in [1.82, 2.24) is 15.1 Å². The lowest BCUT2D eigenvalue weighted by atomic mass is 10.0. The van der Waals surface area contributed by atoms with Crippen LogP contribution in [-0.2, 0) is 0 Å². The van der Waals surface area contributed by atoms with Crippen LogP contribution < -0.4 is 5.32 Å². The van der Waals surface area contributed by atoms with Crippen LogP contribution >= 0.6 is 11.6 Å². The fraction of sp³-hybridized carbons (Fsp3) is 0.500. The summed E-state index contributed by atoms with van der Waals surface area (Å²) in [5, 5.41) is 3.96. The number of nitrogens with zero attached hydrogens (tertiary/aromatic N) is 2. The van der Waals surface area contributed by atoms with Gasteiger partial charge in [0, 0.05) is 55.9 Å². The van der Waals surface area contributed by atoms with Gasteiger partial charge >= 0.3 is 0 Å². The molecule has 2 aliphatic heterocycles. The topological polar surface area (TPSA) is 35.6 Å². The van der Waals surface area contributed by atoms with Crippen molar-refractivity contribution in [2.24, 2.45) is 0 Å². The number of piperazine rings is 1. The van der Waals surface area contributed by atoms with Crippen molar-refractivity contribution in [2.45, 2.75) is 6.04 Å².